The van der Waals surface area contributed by atoms with Gasteiger partial charge in [-0.25, -0.2) is 4.79 Å². The number of hydrogen-bond donors (Lipinski definition) is 1. The summed E-state index contributed by atoms with van der Waals surface area (Å²) in [5, 5.41) is 0. The topological polar surface area (TPSA) is 90.9 Å². The Balaban J connectivity index is 2.12. The number of nitrogens with one attached hydrogen (secondary N) is 1. The van der Waals surface area contributed by atoms with Gasteiger partial charge in [-0.15, -0.1) is 0 Å². The summed E-state index contributed by atoms with van der Waals surface area (Å²) >= 11 is -2.57. The van der Waals surface area contributed by atoms with E-state index < -0.39 is 17.2 Å². The maximum absolute atomic E-state index is 12.0. The molecule has 1 atom stereocenters. The first-order chi connectivity index (χ1) is 12.6. The van der Waals surface area contributed by atoms with Gasteiger partial charge >= 0.3 is 5.97 Å². The lowest BCUT2D eigenvalue weighted by atomic mass is 10.1. The minimum Gasteiger partial charge on any atom is -0.755 e. The van der Waals surface area contributed by atoms with Crippen molar-refractivity contribution in [2.75, 3.05) is 29.8 Å². The first-order valence-corrected chi connectivity index (χ1v) is 9.26. The smallest absolute Gasteiger partial charge is 0.338 e. The van der Waals surface area contributed by atoms with Gasteiger partial charge in [-0.05, 0) is 37.1 Å². The molecule has 7 nitrogen and oxygen atoms in total. The molecule has 1 heterocycles. The third-order valence-electron chi connectivity index (χ3n) is 4.09. The van der Waals surface area contributed by atoms with E-state index in [9.17, 15) is 13.6 Å². The fourth-order valence-corrected chi connectivity index (χ4v) is 3.25. The van der Waals surface area contributed by atoms with Gasteiger partial charge in [-0.1, -0.05) is 18.2 Å². The quantitative estimate of drug-likeness (QED) is 0.616. The average molecular weight is 375 g/mol. The third kappa shape index (κ3) is 4.14. The molecule has 1 N–H and O–H groups in total. The summed E-state index contributed by atoms with van der Waals surface area (Å²) in [4.78, 5) is 14.1. The van der Waals surface area contributed by atoms with Gasteiger partial charge in [0.2, 0.25) is 0 Å². The third-order valence-corrected chi connectivity index (χ3v) is 4.48. The van der Waals surface area contributed by atoms with E-state index in [2.05, 4.69) is 9.62 Å². The van der Waals surface area contributed by atoms with E-state index >= 15 is 0 Å². The molecule has 138 valence electrons. The molecule has 0 bridgehead atoms. The summed E-state index contributed by atoms with van der Waals surface area (Å²) < 4.78 is 35.6. The van der Waals surface area contributed by atoms with Crippen LogP contribution in [0.15, 0.2) is 42.5 Å². The molecule has 1 aliphatic heterocycles. The summed E-state index contributed by atoms with van der Waals surface area (Å²) in [6.07, 6.45) is 2.03. The van der Waals surface area contributed by atoms with Gasteiger partial charge in [0.1, 0.15) is 5.75 Å². The number of benzene rings is 2. The van der Waals surface area contributed by atoms with Crippen LogP contribution in [0.2, 0.25) is 0 Å². The fraction of sp³-hybridized carbons (Fsp3) is 0.278. The van der Waals surface area contributed by atoms with Crippen LogP contribution in [0.3, 0.4) is 0 Å². The number of para-hydroxylation sites is 1. The van der Waals surface area contributed by atoms with Crippen LogP contribution in [0.25, 0.3) is 0 Å². The van der Waals surface area contributed by atoms with Crippen molar-refractivity contribution < 1.29 is 23.0 Å². The summed E-state index contributed by atoms with van der Waals surface area (Å²) in [5.74, 6) is 0.380. The van der Waals surface area contributed by atoms with Crippen LogP contribution in [0.5, 0.6) is 11.5 Å². The Morgan fingerprint density at radius 1 is 1.19 bits per heavy atom. The van der Waals surface area contributed by atoms with Gasteiger partial charge in [0.15, 0.2) is 5.75 Å². The Bertz CT molecular complexity index is 807. The molecule has 0 spiro atoms. The standard InChI is InChI=1S/C18H20N2O5S/c1-24-18(21)13-11-15(19-26(22)23)17(25-14-7-3-2-4-8-14)16(12-13)20-9-5-6-10-20/h2-4,7-8,11-12,19H,5-6,9-10H2,1H3,(H,22,23)/p-1. The number of ether oxygens (including phenoxy) is 2. The number of methoxy groups -OCH3 is 1. The molecule has 26 heavy (non-hydrogen) atoms. The zero-order chi connectivity index (χ0) is 18.5. The molecule has 0 radical (unpaired) electrons. The van der Waals surface area contributed by atoms with Crippen LogP contribution in [0, 0.1) is 0 Å². The predicted molar refractivity (Wildman–Crippen MR) is 98.3 cm³/mol. The van der Waals surface area contributed by atoms with Crippen LogP contribution in [0.4, 0.5) is 11.4 Å². The normalized spacial score (nSPS) is 14.8. The molecule has 0 saturated carbocycles. The van der Waals surface area contributed by atoms with Gasteiger partial charge in [-0.3, -0.25) is 4.21 Å². The molecule has 0 amide bonds. The van der Waals surface area contributed by atoms with Crippen LogP contribution in [-0.4, -0.2) is 34.9 Å². The second-order valence-corrected chi connectivity index (χ2v) is 6.48. The van der Waals surface area contributed by atoms with E-state index in [-0.39, 0.29) is 11.3 Å². The molecule has 1 aliphatic rings. The number of hydrogen-bond acceptors (Lipinski definition) is 6. The van der Waals surface area contributed by atoms with Crippen molar-refractivity contribution >= 4 is 28.6 Å². The molecule has 1 saturated heterocycles. The van der Waals surface area contributed by atoms with Crippen LogP contribution >= 0.6 is 0 Å². The van der Waals surface area contributed by atoms with Crippen molar-refractivity contribution in [2.45, 2.75) is 12.8 Å². The maximum Gasteiger partial charge on any atom is 0.338 e. The van der Waals surface area contributed by atoms with Gasteiger partial charge in [-0.2, -0.15) is 0 Å². The largest absolute Gasteiger partial charge is 0.755 e. The number of esters is 1. The minimum absolute atomic E-state index is 0.187. The molecular formula is C18H19N2O5S-. The zero-order valence-corrected chi connectivity index (χ0v) is 15.1. The van der Waals surface area contributed by atoms with Gasteiger partial charge in [0, 0.05) is 24.4 Å². The highest BCUT2D eigenvalue weighted by Crippen LogP contribution is 2.42. The molecule has 1 fully saturated rings. The molecule has 2 aromatic rings. The molecule has 1 unspecified atom stereocenters. The Labute approximate surface area is 154 Å². The van der Waals surface area contributed by atoms with Crippen molar-refractivity contribution in [3.05, 3.63) is 48.0 Å². The molecule has 0 aromatic heterocycles. The van der Waals surface area contributed by atoms with Crippen LogP contribution in [0.1, 0.15) is 23.2 Å². The van der Waals surface area contributed by atoms with Crippen molar-refractivity contribution in [3.8, 4) is 11.5 Å². The highest BCUT2D eigenvalue weighted by molar-refractivity contribution is 7.80. The summed E-state index contributed by atoms with van der Waals surface area (Å²) in [6, 6.07) is 12.2. The van der Waals surface area contributed by atoms with Crippen molar-refractivity contribution in [2.24, 2.45) is 0 Å². The summed E-state index contributed by atoms with van der Waals surface area (Å²) in [7, 11) is 1.28. The molecular weight excluding hydrogens is 356 g/mol. The number of nitrogens with zero attached hydrogens (tertiary/aromatic N) is 1. The molecule has 3 rings (SSSR count). The molecule has 0 aliphatic carbocycles. The average Bonchev–Trinajstić information content (AvgIpc) is 3.17. The Kier molecular flexibility index (Phi) is 5.75. The number of anilines is 2. The lowest BCUT2D eigenvalue weighted by Gasteiger charge is -2.25. The van der Waals surface area contributed by atoms with E-state index in [0.29, 0.717) is 17.2 Å². The van der Waals surface area contributed by atoms with Crippen LogP contribution < -0.4 is 14.4 Å². The Morgan fingerprint density at radius 3 is 2.50 bits per heavy atom. The minimum atomic E-state index is -2.57. The van der Waals surface area contributed by atoms with E-state index in [4.69, 9.17) is 9.47 Å². The lowest BCUT2D eigenvalue weighted by Crippen LogP contribution is -2.20. The molecule has 8 heteroatoms. The van der Waals surface area contributed by atoms with Gasteiger partial charge in [0.05, 0.1) is 24.0 Å². The van der Waals surface area contributed by atoms with E-state index in [0.717, 1.165) is 25.9 Å². The fourth-order valence-electron chi connectivity index (χ4n) is 2.92. The second kappa shape index (κ2) is 8.20. The van der Waals surface area contributed by atoms with Crippen molar-refractivity contribution in [1.29, 1.82) is 0 Å². The zero-order valence-electron chi connectivity index (χ0n) is 14.3. The number of rotatable bonds is 6. The summed E-state index contributed by atoms with van der Waals surface area (Å²) in [5.41, 5.74) is 1.09. The highest BCUT2D eigenvalue weighted by atomic mass is 32.2. The van der Waals surface area contributed by atoms with Crippen molar-refractivity contribution in [3.63, 3.8) is 0 Å². The van der Waals surface area contributed by atoms with Gasteiger partial charge < -0.3 is 23.6 Å². The predicted octanol–water partition coefficient (Wildman–Crippen LogP) is 3.07. The van der Waals surface area contributed by atoms with E-state index in [1.54, 1.807) is 18.2 Å². The van der Waals surface area contributed by atoms with Crippen molar-refractivity contribution in [1.82, 2.24) is 0 Å². The second-order valence-electron chi connectivity index (χ2n) is 5.81. The maximum atomic E-state index is 12.0. The van der Waals surface area contributed by atoms with E-state index in [1.165, 1.54) is 13.2 Å². The van der Waals surface area contributed by atoms with Gasteiger partial charge in [0.25, 0.3) is 0 Å². The molecule has 2 aromatic carbocycles. The first kappa shape index (κ1) is 18.2. The summed E-state index contributed by atoms with van der Waals surface area (Å²) in [6.45, 7) is 1.60. The first-order valence-electron chi connectivity index (χ1n) is 8.18. The Morgan fingerprint density at radius 2 is 1.88 bits per heavy atom. The van der Waals surface area contributed by atoms with E-state index in [1.807, 2.05) is 18.2 Å². The highest BCUT2D eigenvalue weighted by Gasteiger charge is 2.23. The monoisotopic (exact) mass is 375 g/mol. The SMILES string of the molecule is COC(=O)c1cc(NS(=O)[O-])c(Oc2ccccc2)c(N2CCCC2)c1. The number of carbonyl (C=O) groups excluding carboxylic acids is 1. The lowest BCUT2D eigenvalue weighted by molar-refractivity contribution is 0.0601. The van der Waals surface area contributed by atoms with Crippen LogP contribution in [-0.2, 0) is 16.0 Å². The Hall–Kier alpha value is -2.58. The number of carbonyl (C=O) groups is 1.